The molecule has 0 spiro atoms. The van der Waals surface area contributed by atoms with Gasteiger partial charge in [0.25, 0.3) is 0 Å². The van der Waals surface area contributed by atoms with Crippen molar-refractivity contribution >= 4 is 17.8 Å². The third kappa shape index (κ3) is 4.07. The Balaban J connectivity index is 1.93. The highest BCUT2D eigenvalue weighted by atomic mass is 16.5. The van der Waals surface area contributed by atoms with E-state index in [0.29, 0.717) is 5.56 Å². The summed E-state index contributed by atoms with van der Waals surface area (Å²) in [5.41, 5.74) is 1.25. The van der Waals surface area contributed by atoms with Crippen LogP contribution in [0, 0.1) is 0 Å². The van der Waals surface area contributed by atoms with Crippen LogP contribution in [0.2, 0.25) is 0 Å². The Kier molecular flexibility index (Phi) is 5.33. The van der Waals surface area contributed by atoms with E-state index in [1.807, 2.05) is 0 Å². The molecule has 124 valence electrons. The fraction of sp³-hybridized carbons (Fsp3) is 0.438. The van der Waals surface area contributed by atoms with Gasteiger partial charge in [0.05, 0.1) is 18.8 Å². The van der Waals surface area contributed by atoms with Gasteiger partial charge in [0.1, 0.15) is 6.04 Å². The van der Waals surface area contributed by atoms with Crippen LogP contribution < -0.4 is 5.32 Å². The summed E-state index contributed by atoms with van der Waals surface area (Å²) >= 11 is 0. The molecule has 0 saturated carbocycles. The summed E-state index contributed by atoms with van der Waals surface area (Å²) in [6.07, 6.45) is -0.429. The van der Waals surface area contributed by atoms with Gasteiger partial charge in [-0.05, 0) is 17.7 Å². The Morgan fingerprint density at radius 2 is 1.96 bits per heavy atom. The lowest BCUT2D eigenvalue weighted by Crippen LogP contribution is -2.44. The third-order valence-electron chi connectivity index (χ3n) is 3.83. The first kappa shape index (κ1) is 17.0. The molecule has 7 heteroatoms. The summed E-state index contributed by atoms with van der Waals surface area (Å²) in [6.45, 7) is 1.84. The molecule has 1 aliphatic rings. The van der Waals surface area contributed by atoms with Crippen LogP contribution in [0.25, 0.3) is 0 Å². The van der Waals surface area contributed by atoms with Crippen molar-refractivity contribution in [1.82, 2.24) is 10.2 Å². The highest BCUT2D eigenvalue weighted by molar-refractivity contribution is 5.89. The number of nitrogens with zero attached hydrogens (tertiary/aromatic N) is 1. The topological polar surface area (TPSA) is 95.9 Å². The number of benzene rings is 1. The Morgan fingerprint density at radius 3 is 2.52 bits per heavy atom. The molecule has 2 atom stereocenters. The van der Waals surface area contributed by atoms with Gasteiger partial charge < -0.3 is 20.1 Å². The second-order valence-electron chi connectivity index (χ2n) is 5.48. The van der Waals surface area contributed by atoms with Crippen molar-refractivity contribution in [2.24, 2.45) is 0 Å². The Hall–Kier alpha value is -2.41. The van der Waals surface area contributed by atoms with Crippen LogP contribution in [0.3, 0.4) is 0 Å². The number of likely N-dealkylation sites (tertiary alicyclic amines) is 1. The van der Waals surface area contributed by atoms with Crippen molar-refractivity contribution in [3.8, 4) is 0 Å². The highest BCUT2D eigenvalue weighted by Gasteiger charge is 2.37. The predicted octanol–water partition coefficient (Wildman–Crippen LogP) is 0.0711. The second-order valence-corrected chi connectivity index (χ2v) is 5.48. The van der Waals surface area contributed by atoms with Crippen LogP contribution in [-0.2, 0) is 20.9 Å². The van der Waals surface area contributed by atoms with Crippen molar-refractivity contribution in [3.05, 3.63) is 35.4 Å². The van der Waals surface area contributed by atoms with Gasteiger partial charge in [-0.2, -0.15) is 0 Å². The molecule has 2 N–H and O–H groups in total. The molecule has 2 rings (SSSR count). The lowest BCUT2D eigenvalue weighted by Gasteiger charge is -2.22. The zero-order chi connectivity index (χ0) is 17.0. The maximum atomic E-state index is 12.2. The van der Waals surface area contributed by atoms with Gasteiger partial charge in [-0.1, -0.05) is 12.1 Å². The number of nitrogens with one attached hydrogen (secondary N) is 1. The van der Waals surface area contributed by atoms with Crippen LogP contribution in [0.15, 0.2) is 24.3 Å². The molecule has 0 radical (unpaired) electrons. The first-order valence-electron chi connectivity index (χ1n) is 7.32. The molecule has 0 aromatic heterocycles. The van der Waals surface area contributed by atoms with Crippen LogP contribution in [0.1, 0.15) is 29.3 Å². The summed E-state index contributed by atoms with van der Waals surface area (Å²) in [5, 5.41) is 12.4. The summed E-state index contributed by atoms with van der Waals surface area (Å²) in [6, 6.07) is 6.04. The standard InChI is InChI=1S/C16H20N2O5/c1-10(19)18-9-13(20)7-14(18)15(21)17-8-11-3-5-12(6-4-11)16(22)23-2/h3-6,13-14,20H,7-9H2,1-2H3,(H,17,21)/t13-,14+/m1/s1. The van der Waals surface area contributed by atoms with Crippen molar-refractivity contribution in [2.45, 2.75) is 32.0 Å². The number of esters is 1. The van der Waals surface area contributed by atoms with Gasteiger partial charge in [0.15, 0.2) is 0 Å². The van der Waals surface area contributed by atoms with Crippen LogP contribution in [-0.4, -0.2) is 53.6 Å². The molecular formula is C16H20N2O5. The van der Waals surface area contributed by atoms with Crippen molar-refractivity contribution in [2.75, 3.05) is 13.7 Å². The molecule has 1 fully saturated rings. The average Bonchev–Trinajstić information content (AvgIpc) is 2.94. The predicted molar refractivity (Wildman–Crippen MR) is 81.4 cm³/mol. The van der Waals surface area contributed by atoms with E-state index < -0.39 is 18.1 Å². The summed E-state index contributed by atoms with van der Waals surface area (Å²) < 4.78 is 4.62. The minimum absolute atomic E-state index is 0.182. The molecule has 23 heavy (non-hydrogen) atoms. The van der Waals surface area contributed by atoms with E-state index in [9.17, 15) is 19.5 Å². The fourth-order valence-corrected chi connectivity index (χ4v) is 2.59. The number of β-amino-alcohol motifs (C(OH)–C–C–N with tert-alkyl or cyclic N) is 1. The lowest BCUT2D eigenvalue weighted by molar-refractivity contribution is -0.137. The normalized spacial score (nSPS) is 20.2. The molecule has 1 aromatic carbocycles. The number of methoxy groups -OCH3 is 1. The van der Waals surface area contributed by atoms with E-state index in [0.717, 1.165) is 5.56 Å². The minimum atomic E-state index is -0.672. The number of ether oxygens (including phenoxy) is 1. The maximum absolute atomic E-state index is 12.2. The van der Waals surface area contributed by atoms with Crippen LogP contribution in [0.5, 0.6) is 0 Å². The lowest BCUT2D eigenvalue weighted by atomic mass is 10.1. The molecule has 2 amide bonds. The van der Waals surface area contributed by atoms with E-state index in [4.69, 9.17) is 0 Å². The van der Waals surface area contributed by atoms with Gasteiger partial charge in [0.2, 0.25) is 11.8 Å². The molecule has 0 unspecified atom stereocenters. The minimum Gasteiger partial charge on any atom is -0.465 e. The van der Waals surface area contributed by atoms with Crippen molar-refractivity contribution < 1.29 is 24.2 Å². The van der Waals surface area contributed by atoms with Crippen molar-refractivity contribution in [1.29, 1.82) is 0 Å². The van der Waals surface area contributed by atoms with E-state index in [1.165, 1.54) is 18.9 Å². The zero-order valence-corrected chi connectivity index (χ0v) is 13.1. The maximum Gasteiger partial charge on any atom is 0.337 e. The molecule has 1 heterocycles. The quantitative estimate of drug-likeness (QED) is 0.766. The molecule has 1 aromatic rings. The number of amides is 2. The molecule has 1 saturated heterocycles. The first-order chi connectivity index (χ1) is 10.9. The van der Waals surface area contributed by atoms with Crippen molar-refractivity contribution in [3.63, 3.8) is 0 Å². The van der Waals surface area contributed by atoms with Gasteiger partial charge in [-0.15, -0.1) is 0 Å². The third-order valence-corrected chi connectivity index (χ3v) is 3.83. The van der Waals surface area contributed by atoms with Crippen LogP contribution in [0.4, 0.5) is 0 Å². The number of carbonyl (C=O) groups excluding carboxylic acids is 3. The fourth-order valence-electron chi connectivity index (χ4n) is 2.59. The SMILES string of the molecule is COC(=O)c1ccc(CNC(=O)[C@@H]2C[C@@H](O)CN2C(C)=O)cc1. The average molecular weight is 320 g/mol. The summed E-state index contributed by atoms with van der Waals surface area (Å²) in [4.78, 5) is 36.4. The first-order valence-corrected chi connectivity index (χ1v) is 7.32. The molecule has 0 bridgehead atoms. The molecule has 0 aliphatic carbocycles. The van der Waals surface area contributed by atoms with Crippen LogP contribution >= 0.6 is 0 Å². The highest BCUT2D eigenvalue weighted by Crippen LogP contribution is 2.18. The number of rotatable bonds is 4. The van der Waals surface area contributed by atoms with E-state index in [2.05, 4.69) is 10.1 Å². The number of aliphatic hydroxyl groups excluding tert-OH is 1. The van der Waals surface area contributed by atoms with Gasteiger partial charge in [0, 0.05) is 26.4 Å². The van der Waals surface area contributed by atoms with Gasteiger partial charge in [-0.3, -0.25) is 9.59 Å². The Labute approximate surface area is 134 Å². The molecule has 1 aliphatic heterocycles. The van der Waals surface area contributed by atoms with E-state index in [-0.39, 0.29) is 31.3 Å². The zero-order valence-electron chi connectivity index (χ0n) is 13.1. The Bertz CT molecular complexity index is 599. The Morgan fingerprint density at radius 1 is 1.30 bits per heavy atom. The molecular weight excluding hydrogens is 300 g/mol. The largest absolute Gasteiger partial charge is 0.465 e. The molecule has 7 nitrogen and oxygen atoms in total. The number of hydrogen-bond donors (Lipinski definition) is 2. The number of aliphatic hydroxyl groups is 1. The second kappa shape index (κ2) is 7.23. The van der Waals surface area contributed by atoms with E-state index in [1.54, 1.807) is 24.3 Å². The van der Waals surface area contributed by atoms with Gasteiger partial charge in [-0.25, -0.2) is 4.79 Å². The number of hydrogen-bond acceptors (Lipinski definition) is 5. The summed E-state index contributed by atoms with van der Waals surface area (Å²) in [5.74, 6) is -0.949. The van der Waals surface area contributed by atoms with Gasteiger partial charge >= 0.3 is 5.97 Å². The van der Waals surface area contributed by atoms with E-state index >= 15 is 0 Å². The monoisotopic (exact) mass is 320 g/mol. The number of carbonyl (C=O) groups is 3. The smallest absolute Gasteiger partial charge is 0.337 e. The summed E-state index contributed by atoms with van der Waals surface area (Å²) in [7, 11) is 1.31.